The summed E-state index contributed by atoms with van der Waals surface area (Å²) < 4.78 is 0. The zero-order valence-electron chi connectivity index (χ0n) is 8.05. The van der Waals surface area contributed by atoms with Gasteiger partial charge in [-0.2, -0.15) is 0 Å². The first-order valence-corrected chi connectivity index (χ1v) is 4.64. The number of hydrogen-bond acceptors (Lipinski definition) is 1. The maximum absolute atomic E-state index is 11.0. The van der Waals surface area contributed by atoms with E-state index in [1.165, 1.54) is 0 Å². The Kier molecular flexibility index (Phi) is 7.66. The Labute approximate surface area is 75.2 Å². The molecular formula is C11H18O. The smallest absolute Gasteiger partial charge is 0.136 e. The van der Waals surface area contributed by atoms with Crippen LogP contribution in [0.4, 0.5) is 0 Å². The molecule has 0 unspecified atom stereocenters. The van der Waals surface area contributed by atoms with Crippen LogP contribution in [0.1, 0.15) is 39.5 Å². The van der Waals surface area contributed by atoms with Gasteiger partial charge in [0.1, 0.15) is 5.78 Å². The molecule has 0 aromatic rings. The molecule has 1 heteroatoms. The van der Waals surface area contributed by atoms with Gasteiger partial charge in [-0.05, 0) is 12.8 Å². The average Bonchev–Trinajstić information content (AvgIpc) is 2.05. The van der Waals surface area contributed by atoms with E-state index in [2.05, 4.69) is 13.0 Å². The van der Waals surface area contributed by atoms with Gasteiger partial charge in [0.2, 0.25) is 0 Å². The zero-order chi connectivity index (χ0) is 9.23. The minimum atomic E-state index is 0.332. The fraction of sp³-hybridized carbons (Fsp3) is 0.545. The average molecular weight is 166 g/mol. The topological polar surface area (TPSA) is 17.1 Å². The maximum atomic E-state index is 11.0. The molecule has 0 atom stereocenters. The number of rotatable bonds is 6. The van der Waals surface area contributed by atoms with E-state index in [4.69, 9.17) is 0 Å². The molecule has 0 aliphatic carbocycles. The van der Waals surface area contributed by atoms with Crippen LogP contribution in [0.5, 0.6) is 0 Å². The summed E-state index contributed by atoms with van der Waals surface area (Å²) in [4.78, 5) is 11.0. The summed E-state index contributed by atoms with van der Waals surface area (Å²) in [5.41, 5.74) is 0. The van der Waals surface area contributed by atoms with Crippen molar-refractivity contribution in [3.05, 3.63) is 24.3 Å². The van der Waals surface area contributed by atoms with Crippen molar-refractivity contribution in [2.75, 3.05) is 0 Å². The molecule has 1 nitrogen and oxygen atoms in total. The number of carbonyl (C=O) groups excluding carboxylic acids is 1. The van der Waals surface area contributed by atoms with Gasteiger partial charge in [-0.1, -0.05) is 38.2 Å². The number of allylic oxidation sites excluding steroid dienone is 4. The Hall–Kier alpha value is -0.850. The molecule has 0 saturated carbocycles. The Bertz CT molecular complexity index is 166. The first-order valence-electron chi connectivity index (χ1n) is 4.64. The molecule has 0 bridgehead atoms. The van der Waals surface area contributed by atoms with Crippen molar-refractivity contribution in [3.8, 4) is 0 Å². The molecule has 0 rings (SSSR count). The van der Waals surface area contributed by atoms with E-state index in [0.29, 0.717) is 18.6 Å². The van der Waals surface area contributed by atoms with E-state index in [-0.39, 0.29) is 0 Å². The van der Waals surface area contributed by atoms with Crippen molar-refractivity contribution in [1.29, 1.82) is 0 Å². The third-order valence-corrected chi connectivity index (χ3v) is 1.49. The van der Waals surface area contributed by atoms with Crippen molar-refractivity contribution >= 4 is 5.78 Å². The summed E-state index contributed by atoms with van der Waals surface area (Å²) in [6.45, 7) is 4.12. The van der Waals surface area contributed by atoms with Crippen LogP contribution in [0, 0.1) is 0 Å². The number of Topliss-reactive ketones (excluding diaryl/α,β-unsaturated/α-hetero) is 1. The molecule has 0 spiro atoms. The number of carbonyl (C=O) groups is 1. The monoisotopic (exact) mass is 166 g/mol. The van der Waals surface area contributed by atoms with Crippen molar-refractivity contribution in [1.82, 2.24) is 0 Å². The normalized spacial score (nSPS) is 11.5. The van der Waals surface area contributed by atoms with Gasteiger partial charge in [0.25, 0.3) is 0 Å². The van der Waals surface area contributed by atoms with Crippen LogP contribution < -0.4 is 0 Å². The number of hydrogen-bond donors (Lipinski definition) is 0. The van der Waals surface area contributed by atoms with Gasteiger partial charge in [0, 0.05) is 12.8 Å². The molecule has 68 valence electrons. The van der Waals surface area contributed by atoms with Crippen LogP contribution in [-0.4, -0.2) is 5.78 Å². The standard InChI is InChI=1S/C11H18O/c1-3-5-6-7-8-10-11(12)9-4-2/h5-8H,3-4,9-10H2,1-2H3/b6-5+,8-7+. The summed E-state index contributed by atoms with van der Waals surface area (Å²) in [7, 11) is 0. The molecule has 0 aliphatic rings. The van der Waals surface area contributed by atoms with Crippen LogP contribution in [-0.2, 0) is 4.79 Å². The van der Waals surface area contributed by atoms with Crippen LogP contribution >= 0.6 is 0 Å². The Morgan fingerprint density at radius 3 is 2.42 bits per heavy atom. The fourth-order valence-electron chi connectivity index (χ4n) is 0.874. The highest BCUT2D eigenvalue weighted by atomic mass is 16.1. The Morgan fingerprint density at radius 1 is 1.17 bits per heavy atom. The first-order chi connectivity index (χ1) is 5.81. The zero-order valence-corrected chi connectivity index (χ0v) is 8.05. The fourth-order valence-corrected chi connectivity index (χ4v) is 0.874. The van der Waals surface area contributed by atoms with E-state index in [1.54, 1.807) is 0 Å². The summed E-state index contributed by atoms with van der Waals surface area (Å²) in [5.74, 6) is 0.332. The van der Waals surface area contributed by atoms with E-state index in [9.17, 15) is 4.79 Å². The Morgan fingerprint density at radius 2 is 1.83 bits per heavy atom. The van der Waals surface area contributed by atoms with Crippen LogP contribution in [0.15, 0.2) is 24.3 Å². The van der Waals surface area contributed by atoms with Crippen molar-refractivity contribution in [2.45, 2.75) is 39.5 Å². The van der Waals surface area contributed by atoms with Crippen LogP contribution in [0.3, 0.4) is 0 Å². The second-order valence-electron chi connectivity index (χ2n) is 2.76. The summed E-state index contributed by atoms with van der Waals surface area (Å²) >= 11 is 0. The third kappa shape index (κ3) is 7.26. The Balaban J connectivity index is 3.46. The third-order valence-electron chi connectivity index (χ3n) is 1.49. The molecule has 12 heavy (non-hydrogen) atoms. The van der Waals surface area contributed by atoms with E-state index in [0.717, 1.165) is 12.8 Å². The lowest BCUT2D eigenvalue weighted by Crippen LogP contribution is -1.92. The van der Waals surface area contributed by atoms with Gasteiger partial charge in [-0.25, -0.2) is 0 Å². The predicted molar refractivity (Wildman–Crippen MR) is 53.1 cm³/mol. The van der Waals surface area contributed by atoms with Gasteiger partial charge in [-0.15, -0.1) is 0 Å². The quantitative estimate of drug-likeness (QED) is 0.553. The second-order valence-corrected chi connectivity index (χ2v) is 2.76. The molecule has 0 amide bonds. The number of ketones is 1. The van der Waals surface area contributed by atoms with E-state index >= 15 is 0 Å². The molecule has 0 aliphatic heterocycles. The summed E-state index contributed by atoms with van der Waals surface area (Å²) in [6.07, 6.45) is 11.2. The predicted octanol–water partition coefficient (Wildman–Crippen LogP) is 3.27. The minimum Gasteiger partial charge on any atom is -0.299 e. The maximum Gasteiger partial charge on any atom is 0.136 e. The molecular weight excluding hydrogens is 148 g/mol. The highest BCUT2D eigenvalue weighted by molar-refractivity contribution is 5.79. The summed E-state index contributed by atoms with van der Waals surface area (Å²) in [6, 6.07) is 0. The lowest BCUT2D eigenvalue weighted by Gasteiger charge is -1.90. The molecule has 0 aromatic carbocycles. The largest absolute Gasteiger partial charge is 0.299 e. The second kappa shape index (κ2) is 8.25. The molecule has 0 heterocycles. The highest BCUT2D eigenvalue weighted by Gasteiger charge is 1.94. The van der Waals surface area contributed by atoms with Gasteiger partial charge in [0.05, 0.1) is 0 Å². The van der Waals surface area contributed by atoms with Crippen molar-refractivity contribution in [3.63, 3.8) is 0 Å². The van der Waals surface area contributed by atoms with Gasteiger partial charge < -0.3 is 0 Å². The first kappa shape index (κ1) is 11.2. The van der Waals surface area contributed by atoms with Crippen molar-refractivity contribution < 1.29 is 4.79 Å². The molecule has 0 fully saturated rings. The minimum absolute atomic E-state index is 0.332. The van der Waals surface area contributed by atoms with Gasteiger partial charge in [0.15, 0.2) is 0 Å². The van der Waals surface area contributed by atoms with Crippen LogP contribution in [0.2, 0.25) is 0 Å². The lowest BCUT2D eigenvalue weighted by molar-refractivity contribution is -0.118. The highest BCUT2D eigenvalue weighted by Crippen LogP contribution is 1.95. The van der Waals surface area contributed by atoms with Gasteiger partial charge in [-0.3, -0.25) is 4.79 Å². The van der Waals surface area contributed by atoms with E-state index in [1.807, 2.05) is 25.2 Å². The molecule has 0 N–H and O–H groups in total. The SMILES string of the molecule is CC/C=C/C=C/CC(=O)CCC. The van der Waals surface area contributed by atoms with Gasteiger partial charge >= 0.3 is 0 Å². The molecule has 0 radical (unpaired) electrons. The van der Waals surface area contributed by atoms with Crippen LogP contribution in [0.25, 0.3) is 0 Å². The molecule has 0 saturated heterocycles. The van der Waals surface area contributed by atoms with Crippen molar-refractivity contribution in [2.24, 2.45) is 0 Å². The summed E-state index contributed by atoms with van der Waals surface area (Å²) in [5, 5.41) is 0. The molecule has 0 aromatic heterocycles. The van der Waals surface area contributed by atoms with E-state index < -0.39 is 0 Å². The lowest BCUT2D eigenvalue weighted by atomic mass is 10.2.